The summed E-state index contributed by atoms with van der Waals surface area (Å²) in [5.41, 5.74) is 2.34. The first-order valence-electron chi connectivity index (χ1n) is 9.25. The number of aromatic nitrogens is 1. The van der Waals surface area contributed by atoms with Gasteiger partial charge in [-0.15, -0.1) is 0 Å². The fourth-order valence-electron chi connectivity index (χ4n) is 3.57. The van der Waals surface area contributed by atoms with Crippen LogP contribution in [0.15, 0.2) is 48.5 Å². The average molecular weight is 418 g/mol. The van der Waals surface area contributed by atoms with Crippen LogP contribution in [0, 0.1) is 0 Å². The second kappa shape index (κ2) is 8.53. The Morgan fingerprint density at radius 3 is 2.54 bits per heavy atom. The number of carbonyl (C=O) groups excluding carboxylic acids is 1. The number of carbonyl (C=O) groups is 1. The number of morpholine rings is 1. The predicted molar refractivity (Wildman–Crippen MR) is 112 cm³/mol. The number of nitrogens with one attached hydrogen (secondary N) is 2. The second-order valence-corrected chi connectivity index (χ2v) is 7.60. The van der Waals surface area contributed by atoms with Crippen molar-refractivity contribution in [2.24, 2.45) is 0 Å². The van der Waals surface area contributed by atoms with Crippen molar-refractivity contribution in [3.8, 4) is 0 Å². The van der Waals surface area contributed by atoms with Crippen molar-refractivity contribution < 1.29 is 9.53 Å². The number of benzene rings is 2. The summed E-state index contributed by atoms with van der Waals surface area (Å²) < 4.78 is 5.48. The lowest BCUT2D eigenvalue weighted by molar-refractivity contribution is 0.0162. The molecule has 0 saturated carbocycles. The van der Waals surface area contributed by atoms with Crippen molar-refractivity contribution in [2.45, 2.75) is 6.04 Å². The van der Waals surface area contributed by atoms with Gasteiger partial charge in [0.25, 0.3) is 5.91 Å². The molecule has 0 bridgehead atoms. The quantitative estimate of drug-likeness (QED) is 0.651. The predicted octanol–water partition coefficient (Wildman–Crippen LogP) is 4.28. The number of fused-ring (bicyclic) bond motifs is 1. The van der Waals surface area contributed by atoms with Gasteiger partial charge in [0.15, 0.2) is 0 Å². The van der Waals surface area contributed by atoms with E-state index in [0.29, 0.717) is 35.5 Å². The first-order valence-corrected chi connectivity index (χ1v) is 10.0. The number of para-hydroxylation sites is 1. The van der Waals surface area contributed by atoms with Crippen LogP contribution in [0.1, 0.15) is 22.1 Å². The summed E-state index contributed by atoms with van der Waals surface area (Å²) >= 11 is 12.5. The summed E-state index contributed by atoms with van der Waals surface area (Å²) in [6.07, 6.45) is 0. The van der Waals surface area contributed by atoms with E-state index in [1.54, 1.807) is 0 Å². The fraction of sp³-hybridized carbons (Fsp3) is 0.286. The van der Waals surface area contributed by atoms with Crippen LogP contribution in [-0.2, 0) is 4.74 Å². The zero-order chi connectivity index (χ0) is 19.5. The maximum atomic E-state index is 12.8. The van der Waals surface area contributed by atoms with E-state index in [9.17, 15) is 4.79 Å². The molecule has 1 atom stereocenters. The molecule has 7 heteroatoms. The van der Waals surface area contributed by atoms with Gasteiger partial charge in [-0.1, -0.05) is 53.5 Å². The van der Waals surface area contributed by atoms with Gasteiger partial charge in [-0.05, 0) is 23.8 Å². The number of amides is 1. The Hall–Kier alpha value is -2.05. The molecule has 0 aliphatic carbocycles. The van der Waals surface area contributed by atoms with E-state index in [2.05, 4.69) is 15.2 Å². The third kappa shape index (κ3) is 4.03. The maximum Gasteiger partial charge on any atom is 0.269 e. The smallest absolute Gasteiger partial charge is 0.269 e. The molecule has 2 N–H and O–H groups in total. The van der Waals surface area contributed by atoms with Crippen molar-refractivity contribution in [3.05, 3.63) is 69.8 Å². The van der Waals surface area contributed by atoms with Crippen molar-refractivity contribution in [1.29, 1.82) is 0 Å². The summed E-state index contributed by atoms with van der Waals surface area (Å²) in [6, 6.07) is 15.4. The van der Waals surface area contributed by atoms with Gasteiger partial charge in [-0.2, -0.15) is 0 Å². The Morgan fingerprint density at radius 1 is 1.11 bits per heavy atom. The summed E-state index contributed by atoms with van der Waals surface area (Å²) in [7, 11) is 0. The largest absolute Gasteiger partial charge is 0.379 e. The zero-order valence-corrected chi connectivity index (χ0v) is 16.8. The molecule has 4 rings (SSSR count). The van der Waals surface area contributed by atoms with E-state index in [1.165, 1.54) is 0 Å². The number of ether oxygens (including phenoxy) is 1. The van der Waals surface area contributed by atoms with Gasteiger partial charge in [0, 0.05) is 35.6 Å². The molecule has 5 nitrogen and oxygen atoms in total. The maximum absolute atomic E-state index is 12.8. The number of nitrogens with zero attached hydrogens (tertiary/aromatic N) is 1. The lowest BCUT2D eigenvalue weighted by Crippen LogP contribution is -2.43. The highest BCUT2D eigenvalue weighted by Gasteiger charge is 2.24. The summed E-state index contributed by atoms with van der Waals surface area (Å²) in [6.45, 7) is 3.47. The standard InChI is InChI=1S/C21H21Cl2N3O2/c22-15-7-5-14(6-8-15)18(26-9-11-28-12-10-26)13-24-21(27)20-19(23)16-3-1-2-4-17(16)25-20/h1-8,18,25H,9-13H2,(H,24,27). The molecular formula is C21H21Cl2N3O2. The van der Waals surface area contributed by atoms with Crippen LogP contribution in [-0.4, -0.2) is 48.6 Å². The summed E-state index contributed by atoms with van der Waals surface area (Å²) in [5, 5.41) is 5.03. The highest BCUT2D eigenvalue weighted by molar-refractivity contribution is 6.38. The molecule has 1 aliphatic heterocycles. The lowest BCUT2D eigenvalue weighted by Gasteiger charge is -2.35. The number of aromatic amines is 1. The van der Waals surface area contributed by atoms with Gasteiger partial charge in [0.1, 0.15) is 5.69 Å². The van der Waals surface area contributed by atoms with Gasteiger partial charge >= 0.3 is 0 Å². The van der Waals surface area contributed by atoms with E-state index in [4.69, 9.17) is 27.9 Å². The normalized spacial score (nSPS) is 16.2. The Kier molecular flexibility index (Phi) is 5.87. The number of halogens is 2. The Morgan fingerprint density at radius 2 is 1.82 bits per heavy atom. The van der Waals surface area contributed by atoms with E-state index in [0.717, 1.165) is 29.6 Å². The lowest BCUT2D eigenvalue weighted by atomic mass is 10.0. The molecule has 28 heavy (non-hydrogen) atoms. The molecule has 0 radical (unpaired) electrons. The van der Waals surface area contributed by atoms with Gasteiger partial charge < -0.3 is 15.0 Å². The highest BCUT2D eigenvalue weighted by Crippen LogP contribution is 2.28. The fourth-order valence-corrected chi connectivity index (χ4v) is 4.00. The molecule has 0 spiro atoms. The third-order valence-electron chi connectivity index (χ3n) is 5.07. The van der Waals surface area contributed by atoms with E-state index in [1.807, 2.05) is 48.5 Å². The minimum absolute atomic E-state index is 0.0354. The molecule has 1 saturated heterocycles. The topological polar surface area (TPSA) is 57.4 Å². The van der Waals surface area contributed by atoms with Crippen LogP contribution in [0.5, 0.6) is 0 Å². The molecule has 2 aromatic carbocycles. The molecular weight excluding hydrogens is 397 g/mol. The van der Waals surface area contributed by atoms with Gasteiger partial charge in [0.05, 0.1) is 24.3 Å². The van der Waals surface area contributed by atoms with Crippen molar-refractivity contribution in [2.75, 3.05) is 32.8 Å². The molecule has 1 aliphatic rings. The first-order chi connectivity index (χ1) is 13.6. The summed E-state index contributed by atoms with van der Waals surface area (Å²) in [5.74, 6) is -0.214. The van der Waals surface area contributed by atoms with Gasteiger partial charge in [-0.25, -0.2) is 0 Å². The minimum atomic E-state index is -0.214. The molecule has 1 unspecified atom stereocenters. The SMILES string of the molecule is O=C(NCC(c1ccc(Cl)cc1)N1CCOCC1)c1[nH]c2ccccc2c1Cl. The van der Waals surface area contributed by atoms with Crippen LogP contribution < -0.4 is 5.32 Å². The van der Waals surface area contributed by atoms with Crippen molar-refractivity contribution in [3.63, 3.8) is 0 Å². The highest BCUT2D eigenvalue weighted by atomic mass is 35.5. The van der Waals surface area contributed by atoms with Crippen LogP contribution >= 0.6 is 23.2 Å². The van der Waals surface area contributed by atoms with Crippen LogP contribution in [0.2, 0.25) is 10.0 Å². The van der Waals surface area contributed by atoms with Crippen LogP contribution in [0.4, 0.5) is 0 Å². The van der Waals surface area contributed by atoms with Gasteiger partial charge in [-0.3, -0.25) is 9.69 Å². The monoisotopic (exact) mass is 417 g/mol. The number of H-pyrrole nitrogens is 1. The summed E-state index contributed by atoms with van der Waals surface area (Å²) in [4.78, 5) is 18.3. The van der Waals surface area contributed by atoms with E-state index < -0.39 is 0 Å². The third-order valence-corrected chi connectivity index (χ3v) is 5.71. The Balaban J connectivity index is 1.53. The first kappa shape index (κ1) is 19.3. The Bertz CT molecular complexity index is 965. The minimum Gasteiger partial charge on any atom is -0.379 e. The number of hydrogen-bond acceptors (Lipinski definition) is 3. The van der Waals surface area contributed by atoms with Crippen LogP contribution in [0.3, 0.4) is 0 Å². The van der Waals surface area contributed by atoms with E-state index in [-0.39, 0.29) is 11.9 Å². The molecule has 1 aromatic heterocycles. The average Bonchev–Trinajstić information content (AvgIpc) is 3.07. The zero-order valence-electron chi connectivity index (χ0n) is 15.3. The van der Waals surface area contributed by atoms with Crippen LogP contribution in [0.25, 0.3) is 10.9 Å². The number of hydrogen-bond donors (Lipinski definition) is 2. The molecule has 146 valence electrons. The molecule has 2 heterocycles. The van der Waals surface area contributed by atoms with Crippen molar-refractivity contribution in [1.82, 2.24) is 15.2 Å². The van der Waals surface area contributed by atoms with Crippen molar-refractivity contribution >= 4 is 40.0 Å². The molecule has 1 amide bonds. The number of rotatable bonds is 5. The van der Waals surface area contributed by atoms with E-state index >= 15 is 0 Å². The Labute approximate surface area is 173 Å². The second-order valence-electron chi connectivity index (χ2n) is 6.79. The van der Waals surface area contributed by atoms with Gasteiger partial charge in [0.2, 0.25) is 0 Å². The molecule has 3 aromatic rings. The molecule has 1 fully saturated rings.